The molecule has 9 heteroatoms. The Morgan fingerprint density at radius 1 is 0.853 bits per heavy atom. The SMILES string of the molecule is CCc1ccc(CN(Cc2cccnc2)S(=O)(=O)c2cc(C(=O)OC)cc(C(=O)OC)c2)cc1. The molecule has 0 bridgehead atoms. The van der Waals surface area contributed by atoms with Crippen LogP contribution in [0, 0.1) is 0 Å². The number of esters is 2. The van der Waals surface area contributed by atoms with Crippen molar-refractivity contribution in [1.29, 1.82) is 0 Å². The Morgan fingerprint density at radius 2 is 1.41 bits per heavy atom. The van der Waals surface area contributed by atoms with Crippen LogP contribution >= 0.6 is 0 Å². The first-order valence-corrected chi connectivity index (χ1v) is 12.0. The number of sulfonamides is 1. The second kappa shape index (κ2) is 11.0. The molecule has 0 fully saturated rings. The molecule has 1 heterocycles. The fourth-order valence-corrected chi connectivity index (χ4v) is 4.86. The molecule has 0 N–H and O–H groups in total. The van der Waals surface area contributed by atoms with Gasteiger partial charge in [0.25, 0.3) is 0 Å². The van der Waals surface area contributed by atoms with Crippen LogP contribution in [0.5, 0.6) is 0 Å². The van der Waals surface area contributed by atoms with Crippen molar-refractivity contribution in [2.24, 2.45) is 0 Å². The van der Waals surface area contributed by atoms with Gasteiger partial charge in [-0.3, -0.25) is 4.98 Å². The van der Waals surface area contributed by atoms with Crippen molar-refractivity contribution in [1.82, 2.24) is 9.29 Å². The summed E-state index contributed by atoms with van der Waals surface area (Å²) in [7, 11) is -1.80. The van der Waals surface area contributed by atoms with E-state index in [1.807, 2.05) is 31.2 Å². The number of carbonyl (C=O) groups is 2. The number of methoxy groups -OCH3 is 2. The molecule has 0 aliphatic carbocycles. The van der Waals surface area contributed by atoms with Crippen LogP contribution < -0.4 is 0 Å². The number of rotatable bonds is 9. The van der Waals surface area contributed by atoms with Gasteiger partial charge in [-0.1, -0.05) is 37.3 Å². The molecule has 3 rings (SSSR count). The molecule has 178 valence electrons. The summed E-state index contributed by atoms with van der Waals surface area (Å²) in [6.45, 7) is 2.17. The van der Waals surface area contributed by atoms with Crippen LogP contribution in [0.4, 0.5) is 0 Å². The minimum absolute atomic E-state index is 0.0434. The van der Waals surface area contributed by atoms with Gasteiger partial charge in [0.1, 0.15) is 0 Å². The Hall–Kier alpha value is -3.56. The Morgan fingerprint density at radius 3 is 1.91 bits per heavy atom. The van der Waals surface area contributed by atoms with E-state index < -0.39 is 22.0 Å². The Balaban J connectivity index is 2.09. The van der Waals surface area contributed by atoms with E-state index in [-0.39, 0.29) is 29.1 Å². The summed E-state index contributed by atoms with van der Waals surface area (Å²) in [6.07, 6.45) is 4.07. The number of aryl methyl sites for hydroxylation is 1. The second-order valence-corrected chi connectivity index (χ2v) is 9.47. The fraction of sp³-hybridized carbons (Fsp3) is 0.240. The van der Waals surface area contributed by atoms with Crippen molar-refractivity contribution in [3.05, 3.63) is 94.8 Å². The van der Waals surface area contributed by atoms with E-state index in [0.717, 1.165) is 17.5 Å². The monoisotopic (exact) mass is 482 g/mol. The molecule has 34 heavy (non-hydrogen) atoms. The van der Waals surface area contributed by atoms with Crippen molar-refractivity contribution >= 4 is 22.0 Å². The predicted octanol–water partition coefficient (Wildman–Crippen LogP) is 3.61. The van der Waals surface area contributed by atoms with Crippen LogP contribution in [0.15, 0.2) is 71.9 Å². The van der Waals surface area contributed by atoms with E-state index >= 15 is 0 Å². The lowest BCUT2D eigenvalue weighted by molar-refractivity contribution is 0.0598. The molecule has 0 spiro atoms. The highest BCUT2D eigenvalue weighted by Gasteiger charge is 2.28. The molecule has 0 atom stereocenters. The molecule has 2 aromatic carbocycles. The molecular formula is C25H26N2O6S. The van der Waals surface area contributed by atoms with Crippen molar-refractivity contribution in [3.63, 3.8) is 0 Å². The van der Waals surface area contributed by atoms with Crippen LogP contribution in [0.2, 0.25) is 0 Å². The number of ether oxygens (including phenoxy) is 2. The highest BCUT2D eigenvalue weighted by Crippen LogP contribution is 2.24. The van der Waals surface area contributed by atoms with Gasteiger partial charge in [-0.15, -0.1) is 0 Å². The number of benzene rings is 2. The summed E-state index contributed by atoms with van der Waals surface area (Å²) in [6, 6.07) is 14.8. The molecule has 0 radical (unpaired) electrons. The fourth-order valence-electron chi connectivity index (χ4n) is 3.37. The summed E-state index contributed by atoms with van der Waals surface area (Å²) in [5.41, 5.74) is 2.48. The third-order valence-electron chi connectivity index (χ3n) is 5.26. The number of nitrogens with zero attached hydrogens (tertiary/aromatic N) is 2. The summed E-state index contributed by atoms with van der Waals surface area (Å²) in [5.74, 6) is -1.53. The van der Waals surface area contributed by atoms with Crippen molar-refractivity contribution in [2.45, 2.75) is 31.3 Å². The summed E-state index contributed by atoms with van der Waals surface area (Å²) < 4.78 is 38.3. The molecule has 0 aliphatic heterocycles. The smallest absolute Gasteiger partial charge is 0.337 e. The van der Waals surface area contributed by atoms with E-state index in [2.05, 4.69) is 4.98 Å². The van der Waals surface area contributed by atoms with Crippen LogP contribution in [0.25, 0.3) is 0 Å². The van der Waals surface area contributed by atoms with E-state index in [9.17, 15) is 18.0 Å². The molecule has 3 aromatic rings. The molecule has 8 nitrogen and oxygen atoms in total. The lowest BCUT2D eigenvalue weighted by atomic mass is 10.1. The molecule has 0 amide bonds. The largest absolute Gasteiger partial charge is 0.465 e. The predicted molar refractivity (Wildman–Crippen MR) is 126 cm³/mol. The van der Waals surface area contributed by atoms with Crippen LogP contribution in [-0.2, 0) is 39.0 Å². The minimum Gasteiger partial charge on any atom is -0.465 e. The number of carbonyl (C=O) groups excluding carboxylic acids is 2. The molecule has 0 aliphatic rings. The zero-order valence-corrected chi connectivity index (χ0v) is 20.0. The first-order valence-electron chi connectivity index (χ1n) is 10.6. The molecule has 0 unspecified atom stereocenters. The van der Waals surface area contributed by atoms with E-state index in [1.54, 1.807) is 24.5 Å². The Bertz CT molecular complexity index is 1220. The van der Waals surface area contributed by atoms with Gasteiger partial charge >= 0.3 is 11.9 Å². The summed E-state index contributed by atoms with van der Waals surface area (Å²) in [4.78, 5) is 28.2. The van der Waals surface area contributed by atoms with E-state index in [4.69, 9.17) is 9.47 Å². The second-order valence-electron chi connectivity index (χ2n) is 7.53. The maximum absolute atomic E-state index is 13.8. The lowest BCUT2D eigenvalue weighted by Gasteiger charge is -2.23. The van der Waals surface area contributed by atoms with Gasteiger partial charge in [-0.05, 0) is 47.4 Å². The van der Waals surface area contributed by atoms with Crippen LogP contribution in [0.3, 0.4) is 0 Å². The van der Waals surface area contributed by atoms with E-state index in [0.29, 0.717) is 5.56 Å². The van der Waals surface area contributed by atoms with Gasteiger partial charge in [0.15, 0.2) is 0 Å². The topological polar surface area (TPSA) is 103 Å². The average Bonchev–Trinajstić information content (AvgIpc) is 2.88. The maximum Gasteiger partial charge on any atom is 0.337 e. The minimum atomic E-state index is -4.15. The lowest BCUT2D eigenvalue weighted by Crippen LogP contribution is -2.30. The van der Waals surface area contributed by atoms with Crippen molar-refractivity contribution < 1.29 is 27.5 Å². The Labute approximate surface area is 199 Å². The Kier molecular flexibility index (Phi) is 8.14. The van der Waals surface area contributed by atoms with Gasteiger partial charge in [0.05, 0.1) is 30.2 Å². The standard InChI is InChI=1S/C25H26N2O6S/c1-4-18-7-9-19(10-8-18)16-27(17-20-6-5-11-26-15-20)34(30,31)23-13-21(24(28)32-2)12-22(14-23)25(29)33-3/h5-15H,4,16-17H2,1-3H3. The van der Waals surface area contributed by atoms with Gasteiger partial charge in [-0.25, -0.2) is 18.0 Å². The first kappa shape index (κ1) is 25.1. The van der Waals surface area contributed by atoms with Crippen LogP contribution in [-0.4, -0.2) is 43.9 Å². The van der Waals surface area contributed by atoms with Gasteiger partial charge < -0.3 is 9.47 Å². The molecule has 0 saturated carbocycles. The molecule has 1 aromatic heterocycles. The summed E-state index contributed by atoms with van der Waals surface area (Å²) in [5, 5.41) is 0. The van der Waals surface area contributed by atoms with Gasteiger partial charge in [0.2, 0.25) is 10.0 Å². The van der Waals surface area contributed by atoms with Crippen LogP contribution in [0.1, 0.15) is 44.3 Å². The molecule has 0 saturated heterocycles. The first-order chi connectivity index (χ1) is 16.3. The van der Waals surface area contributed by atoms with Gasteiger partial charge in [0, 0.05) is 25.5 Å². The third-order valence-corrected chi connectivity index (χ3v) is 7.03. The highest BCUT2D eigenvalue weighted by atomic mass is 32.2. The molecular weight excluding hydrogens is 456 g/mol. The number of hydrogen-bond donors (Lipinski definition) is 0. The normalized spacial score (nSPS) is 11.3. The zero-order valence-electron chi connectivity index (χ0n) is 19.2. The number of pyridine rings is 1. The summed E-state index contributed by atoms with van der Waals surface area (Å²) >= 11 is 0. The number of hydrogen-bond acceptors (Lipinski definition) is 7. The quantitative estimate of drug-likeness (QED) is 0.429. The highest BCUT2D eigenvalue weighted by molar-refractivity contribution is 7.89. The van der Waals surface area contributed by atoms with E-state index in [1.165, 1.54) is 36.7 Å². The van der Waals surface area contributed by atoms with Gasteiger partial charge in [-0.2, -0.15) is 4.31 Å². The number of aromatic nitrogens is 1. The zero-order chi connectivity index (χ0) is 24.7. The van der Waals surface area contributed by atoms with Crippen molar-refractivity contribution in [3.8, 4) is 0 Å². The average molecular weight is 483 g/mol. The third kappa shape index (κ3) is 5.86. The van der Waals surface area contributed by atoms with Crippen molar-refractivity contribution in [2.75, 3.05) is 14.2 Å². The maximum atomic E-state index is 13.8.